The van der Waals surface area contributed by atoms with Crippen molar-refractivity contribution in [2.24, 2.45) is 0 Å². The topological polar surface area (TPSA) is 71.7 Å². The average molecular weight is 451 g/mol. The maximum Gasteiger partial charge on any atom is 0.255 e. The van der Waals surface area contributed by atoms with Crippen molar-refractivity contribution >= 4 is 17.7 Å². The number of rotatable bonds is 6. The lowest BCUT2D eigenvalue weighted by atomic mass is 10.1. The zero-order chi connectivity index (χ0) is 21.9. The van der Waals surface area contributed by atoms with E-state index in [0.717, 1.165) is 62.0 Å². The Morgan fingerprint density at radius 2 is 1.97 bits per heavy atom. The first-order valence-electron chi connectivity index (χ1n) is 10.9. The minimum absolute atomic E-state index is 0.0896. The van der Waals surface area contributed by atoms with E-state index >= 15 is 0 Å². The fraction of sp³-hybridized carbons (Fsp3) is 0.375. The normalized spacial score (nSPS) is 16.1. The molecule has 32 heavy (non-hydrogen) atoms. The summed E-state index contributed by atoms with van der Waals surface area (Å²) in [5.41, 5.74) is 3.36. The number of hydrogen-bond donors (Lipinski definition) is 0. The van der Waals surface area contributed by atoms with Gasteiger partial charge in [-0.25, -0.2) is 0 Å². The SMILES string of the molecule is Cc1nc(CSc2ccccc2C(=O)N2CCN(Cc3ccc4c(c3)CCO4)CC2)no1. The molecule has 2 aliphatic heterocycles. The van der Waals surface area contributed by atoms with Crippen LogP contribution in [0.25, 0.3) is 0 Å². The number of aromatic nitrogens is 2. The molecule has 0 unspecified atom stereocenters. The van der Waals surface area contributed by atoms with Gasteiger partial charge < -0.3 is 14.2 Å². The van der Waals surface area contributed by atoms with Gasteiger partial charge >= 0.3 is 0 Å². The van der Waals surface area contributed by atoms with Crippen LogP contribution >= 0.6 is 11.8 Å². The number of piperazine rings is 1. The van der Waals surface area contributed by atoms with Crippen molar-refractivity contribution < 1.29 is 14.1 Å². The number of nitrogens with zero attached hydrogens (tertiary/aromatic N) is 4. The third-order valence-corrected chi connectivity index (χ3v) is 6.93. The van der Waals surface area contributed by atoms with Crippen LogP contribution in [0.5, 0.6) is 5.75 Å². The Morgan fingerprint density at radius 3 is 2.78 bits per heavy atom. The number of carbonyl (C=O) groups excluding carboxylic acids is 1. The first-order valence-corrected chi connectivity index (χ1v) is 11.9. The summed E-state index contributed by atoms with van der Waals surface area (Å²) in [5.74, 6) is 2.88. The van der Waals surface area contributed by atoms with Crippen LogP contribution in [0.2, 0.25) is 0 Å². The zero-order valence-electron chi connectivity index (χ0n) is 18.1. The molecule has 0 radical (unpaired) electrons. The van der Waals surface area contributed by atoms with Crippen LogP contribution in [0, 0.1) is 6.92 Å². The Bertz CT molecular complexity index is 1110. The summed E-state index contributed by atoms with van der Waals surface area (Å²) in [6.07, 6.45) is 0.995. The van der Waals surface area contributed by atoms with E-state index in [1.165, 1.54) is 11.1 Å². The van der Waals surface area contributed by atoms with Crippen molar-refractivity contribution in [2.75, 3.05) is 32.8 Å². The Hall–Kier alpha value is -2.84. The highest BCUT2D eigenvalue weighted by Crippen LogP contribution is 2.28. The van der Waals surface area contributed by atoms with Gasteiger partial charge in [0.05, 0.1) is 17.9 Å². The van der Waals surface area contributed by atoms with Gasteiger partial charge in [0.1, 0.15) is 5.75 Å². The summed E-state index contributed by atoms with van der Waals surface area (Å²) in [4.78, 5) is 22.8. The van der Waals surface area contributed by atoms with Crippen LogP contribution in [-0.4, -0.2) is 58.6 Å². The van der Waals surface area contributed by atoms with E-state index in [4.69, 9.17) is 9.26 Å². The van der Waals surface area contributed by atoms with E-state index in [1.54, 1.807) is 18.7 Å². The standard InChI is InChI=1S/C24H26N4O3S/c1-17-25-23(26-31-17)16-32-22-5-3-2-4-20(22)24(29)28-11-9-27(10-12-28)15-18-6-7-21-19(14-18)8-13-30-21/h2-7,14H,8-13,15-16H2,1H3. The lowest BCUT2D eigenvalue weighted by Crippen LogP contribution is -2.48. The smallest absolute Gasteiger partial charge is 0.255 e. The predicted molar refractivity (Wildman–Crippen MR) is 122 cm³/mol. The molecule has 1 saturated heterocycles. The highest BCUT2D eigenvalue weighted by Gasteiger charge is 2.24. The van der Waals surface area contributed by atoms with Gasteiger partial charge in [-0.15, -0.1) is 11.8 Å². The minimum Gasteiger partial charge on any atom is -0.493 e. The predicted octanol–water partition coefficient (Wildman–Crippen LogP) is 3.56. The van der Waals surface area contributed by atoms with Crippen molar-refractivity contribution in [2.45, 2.75) is 30.5 Å². The third kappa shape index (κ3) is 4.66. The number of aryl methyl sites for hydroxylation is 1. The van der Waals surface area contributed by atoms with Gasteiger partial charge in [-0.2, -0.15) is 4.98 Å². The molecule has 8 heteroatoms. The Kier molecular flexibility index (Phi) is 6.14. The molecule has 1 fully saturated rings. The molecule has 0 spiro atoms. The molecule has 2 aromatic carbocycles. The second-order valence-electron chi connectivity index (χ2n) is 8.12. The van der Waals surface area contributed by atoms with Gasteiger partial charge in [0.25, 0.3) is 5.91 Å². The lowest BCUT2D eigenvalue weighted by molar-refractivity contribution is 0.0625. The molecule has 0 N–H and O–H groups in total. The summed E-state index contributed by atoms with van der Waals surface area (Å²) in [6.45, 7) is 6.68. The van der Waals surface area contributed by atoms with E-state index < -0.39 is 0 Å². The number of benzene rings is 2. The van der Waals surface area contributed by atoms with Crippen molar-refractivity contribution in [1.82, 2.24) is 19.9 Å². The molecular formula is C24H26N4O3S. The summed E-state index contributed by atoms with van der Waals surface area (Å²) in [5, 5.41) is 3.94. The van der Waals surface area contributed by atoms with Gasteiger partial charge in [0.2, 0.25) is 5.89 Å². The van der Waals surface area contributed by atoms with Gasteiger partial charge in [0.15, 0.2) is 5.82 Å². The van der Waals surface area contributed by atoms with Crippen LogP contribution < -0.4 is 4.74 Å². The second kappa shape index (κ2) is 9.34. The molecule has 0 aliphatic carbocycles. The van der Waals surface area contributed by atoms with Crippen molar-refractivity contribution in [1.29, 1.82) is 0 Å². The molecule has 0 saturated carbocycles. The van der Waals surface area contributed by atoms with Gasteiger partial charge in [-0.1, -0.05) is 29.4 Å². The lowest BCUT2D eigenvalue weighted by Gasteiger charge is -2.35. The molecule has 166 valence electrons. The maximum atomic E-state index is 13.3. The van der Waals surface area contributed by atoms with E-state index in [1.807, 2.05) is 29.2 Å². The molecule has 2 aliphatic rings. The number of thioether (sulfide) groups is 1. The summed E-state index contributed by atoms with van der Waals surface area (Å²) < 4.78 is 10.6. The second-order valence-corrected chi connectivity index (χ2v) is 9.14. The summed E-state index contributed by atoms with van der Waals surface area (Å²) in [6, 6.07) is 14.3. The monoisotopic (exact) mass is 450 g/mol. The fourth-order valence-electron chi connectivity index (χ4n) is 4.19. The molecule has 0 atom stereocenters. The van der Waals surface area contributed by atoms with Gasteiger partial charge in [0, 0.05) is 51.0 Å². The molecule has 3 aromatic rings. The highest BCUT2D eigenvalue weighted by atomic mass is 32.2. The van der Waals surface area contributed by atoms with E-state index in [2.05, 4.69) is 33.2 Å². The maximum absolute atomic E-state index is 13.3. The third-order valence-electron chi connectivity index (χ3n) is 5.86. The van der Waals surface area contributed by atoms with Crippen molar-refractivity contribution in [3.63, 3.8) is 0 Å². The van der Waals surface area contributed by atoms with Crippen molar-refractivity contribution in [3.8, 4) is 5.75 Å². The fourth-order valence-corrected chi connectivity index (χ4v) is 5.07. The van der Waals surface area contributed by atoms with Crippen LogP contribution in [0.15, 0.2) is 51.9 Å². The Labute approximate surface area is 191 Å². The highest BCUT2D eigenvalue weighted by molar-refractivity contribution is 7.98. The van der Waals surface area contributed by atoms with E-state index in [-0.39, 0.29) is 5.91 Å². The zero-order valence-corrected chi connectivity index (χ0v) is 18.9. The molecule has 0 bridgehead atoms. The minimum atomic E-state index is 0.0896. The first kappa shape index (κ1) is 21.0. The van der Waals surface area contributed by atoms with Gasteiger partial charge in [-0.05, 0) is 29.3 Å². The number of carbonyl (C=O) groups is 1. The largest absolute Gasteiger partial charge is 0.493 e. The van der Waals surface area contributed by atoms with Crippen LogP contribution in [0.4, 0.5) is 0 Å². The number of fused-ring (bicyclic) bond motifs is 1. The Morgan fingerprint density at radius 1 is 1.12 bits per heavy atom. The molecule has 3 heterocycles. The molecule has 5 rings (SSSR count). The van der Waals surface area contributed by atoms with Crippen LogP contribution in [-0.2, 0) is 18.7 Å². The average Bonchev–Trinajstić information content (AvgIpc) is 3.46. The summed E-state index contributed by atoms with van der Waals surface area (Å²) >= 11 is 1.56. The van der Waals surface area contributed by atoms with E-state index in [0.29, 0.717) is 17.5 Å². The molecule has 1 aromatic heterocycles. The first-order chi connectivity index (χ1) is 15.7. The summed E-state index contributed by atoms with van der Waals surface area (Å²) in [7, 11) is 0. The van der Waals surface area contributed by atoms with E-state index in [9.17, 15) is 4.79 Å². The number of amides is 1. The van der Waals surface area contributed by atoms with Crippen molar-refractivity contribution in [3.05, 3.63) is 70.9 Å². The quantitative estimate of drug-likeness (QED) is 0.532. The number of ether oxygens (including phenoxy) is 1. The molecule has 7 nitrogen and oxygen atoms in total. The van der Waals surface area contributed by atoms with Gasteiger partial charge in [-0.3, -0.25) is 9.69 Å². The Balaban J connectivity index is 1.18. The number of hydrogen-bond acceptors (Lipinski definition) is 7. The molecular weight excluding hydrogens is 424 g/mol. The van der Waals surface area contributed by atoms with Crippen LogP contribution in [0.1, 0.15) is 33.2 Å². The molecule has 1 amide bonds. The van der Waals surface area contributed by atoms with Crippen LogP contribution in [0.3, 0.4) is 0 Å².